The molecule has 172 valence electrons. The second kappa shape index (κ2) is 8.54. The number of ether oxygens (including phenoxy) is 1. The maximum Gasteiger partial charge on any atom is 0.453 e. The first kappa shape index (κ1) is 22.3. The van der Waals surface area contributed by atoms with Crippen LogP contribution in [0.5, 0.6) is 5.75 Å². The Kier molecular flexibility index (Phi) is 5.95. The van der Waals surface area contributed by atoms with Gasteiger partial charge in [-0.3, -0.25) is 0 Å². The maximum absolute atomic E-state index is 13.2. The number of rotatable bonds is 6. The van der Waals surface area contributed by atoms with Gasteiger partial charge in [-0.2, -0.15) is 22.0 Å². The number of sulfonamides is 1. The standard InChI is InChI=1S/C19H21F3N6O3S/c1-2-31-14-7-6-13(12-15(14)32(29,30)27-10-4-3-5-11-27)23-16-8-9-17-24-25-18(19(20,21)22)28(17)26-16/h6-9,12H,2-5,10-11H2,1H3,(H,23,26). The topological polar surface area (TPSA) is 102 Å². The lowest BCUT2D eigenvalue weighted by molar-refractivity contribution is -0.146. The predicted molar refractivity (Wildman–Crippen MR) is 109 cm³/mol. The fourth-order valence-corrected chi connectivity index (χ4v) is 5.16. The van der Waals surface area contributed by atoms with Crippen molar-refractivity contribution in [2.75, 3.05) is 25.0 Å². The van der Waals surface area contributed by atoms with E-state index < -0.39 is 22.0 Å². The van der Waals surface area contributed by atoms with Crippen LogP contribution in [0.15, 0.2) is 35.2 Å². The van der Waals surface area contributed by atoms with E-state index in [2.05, 4.69) is 20.6 Å². The Morgan fingerprint density at radius 3 is 2.53 bits per heavy atom. The summed E-state index contributed by atoms with van der Waals surface area (Å²) >= 11 is 0. The fraction of sp³-hybridized carbons (Fsp3) is 0.421. The Hall–Kier alpha value is -2.93. The molecule has 0 unspecified atom stereocenters. The minimum atomic E-state index is -4.72. The number of piperidine rings is 1. The second-order valence-electron chi connectivity index (χ2n) is 7.19. The first-order chi connectivity index (χ1) is 15.2. The van der Waals surface area contributed by atoms with Crippen LogP contribution in [0.3, 0.4) is 0 Å². The third kappa shape index (κ3) is 4.35. The summed E-state index contributed by atoms with van der Waals surface area (Å²) in [5, 5.41) is 13.4. The number of hydrogen-bond acceptors (Lipinski definition) is 7. The number of anilines is 2. The van der Waals surface area contributed by atoms with Gasteiger partial charge in [0, 0.05) is 18.8 Å². The van der Waals surface area contributed by atoms with Crippen LogP contribution in [0.1, 0.15) is 32.0 Å². The molecule has 0 spiro atoms. The summed E-state index contributed by atoms with van der Waals surface area (Å²) in [6.45, 7) is 2.89. The van der Waals surface area contributed by atoms with Crippen molar-refractivity contribution in [3.05, 3.63) is 36.2 Å². The van der Waals surface area contributed by atoms with Crippen molar-refractivity contribution in [1.82, 2.24) is 24.1 Å². The first-order valence-corrected chi connectivity index (χ1v) is 11.5. The number of nitrogens with zero attached hydrogens (tertiary/aromatic N) is 5. The van der Waals surface area contributed by atoms with Crippen LogP contribution in [-0.4, -0.2) is 52.2 Å². The molecule has 0 bridgehead atoms. The molecule has 0 atom stereocenters. The van der Waals surface area contributed by atoms with Gasteiger partial charge in [-0.05, 0) is 50.1 Å². The molecule has 0 aliphatic carbocycles. The van der Waals surface area contributed by atoms with Gasteiger partial charge >= 0.3 is 6.18 Å². The van der Waals surface area contributed by atoms with Crippen molar-refractivity contribution in [3.8, 4) is 5.75 Å². The molecule has 1 fully saturated rings. The van der Waals surface area contributed by atoms with Crippen molar-refractivity contribution in [2.24, 2.45) is 0 Å². The highest BCUT2D eigenvalue weighted by Crippen LogP contribution is 2.33. The summed E-state index contributed by atoms with van der Waals surface area (Å²) in [7, 11) is -3.81. The van der Waals surface area contributed by atoms with Crippen molar-refractivity contribution in [3.63, 3.8) is 0 Å². The minimum absolute atomic E-state index is 0.00685. The molecule has 3 aromatic rings. The van der Waals surface area contributed by atoms with E-state index in [9.17, 15) is 21.6 Å². The summed E-state index contributed by atoms with van der Waals surface area (Å²) in [6, 6.07) is 7.25. The van der Waals surface area contributed by atoms with Crippen LogP contribution in [0.4, 0.5) is 24.7 Å². The Labute approximate surface area is 182 Å². The monoisotopic (exact) mass is 470 g/mol. The Balaban J connectivity index is 1.70. The van der Waals surface area contributed by atoms with Crippen LogP contribution in [0.25, 0.3) is 5.65 Å². The van der Waals surface area contributed by atoms with Crippen LogP contribution in [-0.2, 0) is 16.2 Å². The van der Waals surface area contributed by atoms with Gasteiger partial charge in [0.1, 0.15) is 10.6 Å². The molecular formula is C19H21F3N6O3S. The quantitative estimate of drug-likeness (QED) is 0.589. The van der Waals surface area contributed by atoms with Crippen LogP contribution in [0, 0.1) is 0 Å². The summed E-state index contributed by atoms with van der Waals surface area (Å²) in [5.74, 6) is -0.977. The number of aromatic nitrogens is 4. The van der Waals surface area contributed by atoms with E-state index in [4.69, 9.17) is 4.74 Å². The molecule has 32 heavy (non-hydrogen) atoms. The minimum Gasteiger partial charge on any atom is -0.492 e. The van der Waals surface area contributed by atoms with Crippen molar-refractivity contribution >= 4 is 27.2 Å². The Morgan fingerprint density at radius 1 is 1.09 bits per heavy atom. The van der Waals surface area contributed by atoms with E-state index in [1.54, 1.807) is 13.0 Å². The van der Waals surface area contributed by atoms with Crippen molar-refractivity contribution in [2.45, 2.75) is 37.3 Å². The molecule has 1 aromatic carbocycles. The summed E-state index contributed by atoms with van der Waals surface area (Å²) in [6.07, 6.45) is -2.18. The van der Waals surface area contributed by atoms with Crippen molar-refractivity contribution in [1.29, 1.82) is 0 Å². The normalized spacial score (nSPS) is 15.8. The lowest BCUT2D eigenvalue weighted by atomic mass is 10.2. The highest BCUT2D eigenvalue weighted by atomic mass is 32.2. The molecular weight excluding hydrogens is 449 g/mol. The molecule has 1 N–H and O–H groups in total. The van der Waals surface area contributed by atoms with Gasteiger partial charge in [0.2, 0.25) is 10.0 Å². The molecule has 1 aliphatic rings. The molecule has 0 amide bonds. The van der Waals surface area contributed by atoms with Gasteiger partial charge in [0.05, 0.1) is 6.61 Å². The Morgan fingerprint density at radius 2 is 1.84 bits per heavy atom. The average Bonchev–Trinajstić information content (AvgIpc) is 3.19. The van der Waals surface area contributed by atoms with Crippen molar-refractivity contribution < 1.29 is 26.3 Å². The Bertz CT molecular complexity index is 1220. The van der Waals surface area contributed by atoms with E-state index in [0.717, 1.165) is 19.3 Å². The van der Waals surface area contributed by atoms with Crippen LogP contribution in [0.2, 0.25) is 0 Å². The van der Waals surface area contributed by atoms with Gasteiger partial charge in [-0.1, -0.05) is 6.42 Å². The zero-order valence-electron chi connectivity index (χ0n) is 17.1. The highest BCUT2D eigenvalue weighted by molar-refractivity contribution is 7.89. The van der Waals surface area contributed by atoms with Gasteiger partial charge < -0.3 is 10.1 Å². The molecule has 9 nitrogen and oxygen atoms in total. The lowest BCUT2D eigenvalue weighted by Crippen LogP contribution is -2.35. The summed E-state index contributed by atoms with van der Waals surface area (Å²) in [4.78, 5) is -0.00685. The molecule has 0 saturated carbocycles. The van der Waals surface area contributed by atoms with E-state index in [1.807, 2.05) is 0 Å². The van der Waals surface area contributed by atoms with Gasteiger partial charge in [-0.15, -0.1) is 15.3 Å². The van der Waals surface area contributed by atoms with E-state index in [-0.39, 0.29) is 28.7 Å². The third-order valence-electron chi connectivity index (χ3n) is 4.97. The number of fused-ring (bicyclic) bond motifs is 1. The van der Waals surface area contributed by atoms with Gasteiger partial charge in [0.15, 0.2) is 11.5 Å². The first-order valence-electron chi connectivity index (χ1n) is 10.0. The average molecular weight is 470 g/mol. The SMILES string of the molecule is CCOc1ccc(Nc2ccc3nnc(C(F)(F)F)n3n2)cc1S(=O)(=O)N1CCCCC1. The molecule has 1 saturated heterocycles. The number of benzene rings is 1. The van der Waals surface area contributed by atoms with E-state index in [1.165, 1.54) is 28.6 Å². The summed E-state index contributed by atoms with van der Waals surface area (Å²) in [5.41, 5.74) is 0.264. The molecule has 1 aliphatic heterocycles. The lowest BCUT2D eigenvalue weighted by Gasteiger charge is -2.27. The predicted octanol–water partition coefficient (Wildman–Crippen LogP) is 3.46. The molecule has 2 aromatic heterocycles. The number of halogens is 3. The number of nitrogens with one attached hydrogen (secondary N) is 1. The molecule has 3 heterocycles. The largest absolute Gasteiger partial charge is 0.492 e. The van der Waals surface area contributed by atoms with Crippen LogP contribution >= 0.6 is 0 Å². The smallest absolute Gasteiger partial charge is 0.453 e. The molecule has 4 rings (SSSR count). The van der Waals surface area contributed by atoms with Gasteiger partial charge in [0.25, 0.3) is 5.82 Å². The van der Waals surface area contributed by atoms with Gasteiger partial charge in [-0.25, -0.2) is 8.42 Å². The molecule has 0 radical (unpaired) electrons. The van der Waals surface area contributed by atoms with Crippen LogP contribution < -0.4 is 10.1 Å². The van der Waals surface area contributed by atoms with E-state index >= 15 is 0 Å². The van der Waals surface area contributed by atoms with E-state index in [0.29, 0.717) is 23.3 Å². The molecule has 13 heteroatoms. The highest BCUT2D eigenvalue weighted by Gasteiger charge is 2.37. The third-order valence-corrected chi connectivity index (χ3v) is 6.89. The number of alkyl halides is 3. The zero-order valence-corrected chi connectivity index (χ0v) is 17.9. The fourth-order valence-electron chi connectivity index (χ4n) is 3.49. The second-order valence-corrected chi connectivity index (χ2v) is 9.10. The summed E-state index contributed by atoms with van der Waals surface area (Å²) < 4.78 is 73.4. The maximum atomic E-state index is 13.2. The number of hydrogen-bond donors (Lipinski definition) is 1. The zero-order chi connectivity index (χ0) is 22.9.